The molecule has 2 nitrogen and oxygen atoms in total. The zero-order chi connectivity index (χ0) is 18.0. The van der Waals surface area contributed by atoms with Gasteiger partial charge in [0.25, 0.3) is 0 Å². The molecule has 1 aromatic heterocycles. The summed E-state index contributed by atoms with van der Waals surface area (Å²) in [4.78, 5) is 0. The summed E-state index contributed by atoms with van der Waals surface area (Å²) in [5.41, 5.74) is 3.28. The Morgan fingerprint density at radius 2 is 1.56 bits per heavy atom. The lowest BCUT2D eigenvalue weighted by Crippen LogP contribution is -2.05. The second-order valence-corrected chi connectivity index (χ2v) is 6.37. The number of hydrogen-bond acceptors (Lipinski definition) is 1. The number of nitrogens with zero attached hydrogens (tertiary/aromatic N) is 2. The van der Waals surface area contributed by atoms with Crippen LogP contribution in [0.2, 0.25) is 0 Å². The number of rotatable bonds is 4. The van der Waals surface area contributed by atoms with E-state index in [-0.39, 0.29) is 0 Å². The Kier molecular flexibility index (Phi) is 4.66. The SMILES string of the molecule is CC(C)c1ccc(-c2ccn(Cc3ccc(C(F)(F)F)cc3)n2)cc1. The largest absolute Gasteiger partial charge is 0.416 e. The van der Waals surface area contributed by atoms with Crippen LogP contribution in [0.5, 0.6) is 0 Å². The summed E-state index contributed by atoms with van der Waals surface area (Å²) in [7, 11) is 0. The summed E-state index contributed by atoms with van der Waals surface area (Å²) in [5.74, 6) is 0.478. The molecule has 3 rings (SSSR count). The third-order valence-corrected chi connectivity index (χ3v) is 4.14. The molecule has 0 spiro atoms. The molecule has 0 amide bonds. The van der Waals surface area contributed by atoms with Crippen LogP contribution >= 0.6 is 0 Å². The predicted molar refractivity (Wildman–Crippen MR) is 92.3 cm³/mol. The highest BCUT2D eigenvalue weighted by molar-refractivity contribution is 5.59. The average molecular weight is 344 g/mol. The van der Waals surface area contributed by atoms with Crippen molar-refractivity contribution < 1.29 is 13.2 Å². The van der Waals surface area contributed by atoms with Gasteiger partial charge in [-0.1, -0.05) is 50.2 Å². The molecule has 1 heterocycles. The fourth-order valence-electron chi connectivity index (χ4n) is 2.63. The first-order valence-corrected chi connectivity index (χ1v) is 8.13. The molecule has 3 aromatic rings. The van der Waals surface area contributed by atoms with Crippen LogP contribution in [-0.4, -0.2) is 9.78 Å². The van der Waals surface area contributed by atoms with E-state index >= 15 is 0 Å². The van der Waals surface area contributed by atoms with Crippen molar-refractivity contribution in [3.05, 3.63) is 77.5 Å². The summed E-state index contributed by atoms with van der Waals surface area (Å²) in [6, 6.07) is 15.4. The van der Waals surface area contributed by atoms with Gasteiger partial charge in [-0.2, -0.15) is 18.3 Å². The van der Waals surface area contributed by atoms with E-state index in [9.17, 15) is 13.2 Å². The molecule has 2 aromatic carbocycles. The summed E-state index contributed by atoms with van der Waals surface area (Å²) in [6.45, 7) is 4.73. The minimum absolute atomic E-state index is 0.433. The highest BCUT2D eigenvalue weighted by Gasteiger charge is 2.29. The van der Waals surface area contributed by atoms with Crippen LogP contribution in [0.1, 0.15) is 36.5 Å². The predicted octanol–water partition coefficient (Wildman–Crippen LogP) is 5.74. The molecule has 0 aliphatic carbocycles. The first-order valence-electron chi connectivity index (χ1n) is 8.13. The Morgan fingerprint density at radius 1 is 0.920 bits per heavy atom. The zero-order valence-corrected chi connectivity index (χ0v) is 14.1. The van der Waals surface area contributed by atoms with Gasteiger partial charge < -0.3 is 0 Å². The number of benzene rings is 2. The zero-order valence-electron chi connectivity index (χ0n) is 14.1. The van der Waals surface area contributed by atoms with Crippen molar-refractivity contribution in [1.82, 2.24) is 9.78 Å². The smallest absolute Gasteiger partial charge is 0.268 e. The molecule has 0 saturated carbocycles. The summed E-state index contributed by atoms with van der Waals surface area (Å²) < 4.78 is 39.5. The molecular formula is C20H19F3N2. The molecule has 0 radical (unpaired) electrons. The van der Waals surface area contributed by atoms with Gasteiger partial charge in [0.1, 0.15) is 0 Å². The van der Waals surface area contributed by atoms with Gasteiger partial charge in [-0.3, -0.25) is 4.68 Å². The molecule has 0 saturated heterocycles. The van der Waals surface area contributed by atoms with E-state index in [1.165, 1.54) is 17.7 Å². The summed E-state index contributed by atoms with van der Waals surface area (Å²) in [5, 5.41) is 4.52. The Bertz CT molecular complexity index is 829. The van der Waals surface area contributed by atoms with Crippen molar-refractivity contribution in [3.63, 3.8) is 0 Å². The fourth-order valence-corrected chi connectivity index (χ4v) is 2.63. The van der Waals surface area contributed by atoms with Crippen LogP contribution in [0.4, 0.5) is 13.2 Å². The van der Waals surface area contributed by atoms with Crippen molar-refractivity contribution in [1.29, 1.82) is 0 Å². The van der Waals surface area contributed by atoms with Gasteiger partial charge in [-0.15, -0.1) is 0 Å². The van der Waals surface area contributed by atoms with Crippen LogP contribution in [0.15, 0.2) is 60.8 Å². The maximum atomic E-state index is 12.6. The lowest BCUT2D eigenvalue weighted by Gasteiger charge is -2.08. The second-order valence-electron chi connectivity index (χ2n) is 6.37. The lowest BCUT2D eigenvalue weighted by atomic mass is 10.0. The summed E-state index contributed by atoms with van der Waals surface area (Å²) in [6.07, 6.45) is -2.47. The molecule has 0 fully saturated rings. The maximum Gasteiger partial charge on any atom is 0.416 e. The standard InChI is InChI=1S/C20H19F3N2/c1-14(2)16-5-7-17(8-6-16)19-11-12-25(24-19)13-15-3-9-18(10-4-15)20(21,22)23/h3-12,14H,13H2,1-2H3. The molecule has 0 bridgehead atoms. The number of halogens is 3. The van der Waals surface area contributed by atoms with Gasteiger partial charge >= 0.3 is 6.18 Å². The van der Waals surface area contributed by atoms with Crippen molar-refractivity contribution in [2.75, 3.05) is 0 Å². The van der Waals surface area contributed by atoms with Crippen molar-refractivity contribution in [2.45, 2.75) is 32.5 Å². The van der Waals surface area contributed by atoms with Crippen LogP contribution in [0.3, 0.4) is 0 Å². The maximum absolute atomic E-state index is 12.6. The molecule has 0 unspecified atom stereocenters. The molecule has 0 aliphatic heterocycles. The highest BCUT2D eigenvalue weighted by Crippen LogP contribution is 2.29. The van der Waals surface area contributed by atoms with Crippen molar-refractivity contribution in [3.8, 4) is 11.3 Å². The third-order valence-electron chi connectivity index (χ3n) is 4.14. The molecule has 0 aliphatic rings. The van der Waals surface area contributed by atoms with Gasteiger partial charge in [0, 0.05) is 11.8 Å². The Labute approximate surface area is 144 Å². The highest BCUT2D eigenvalue weighted by atomic mass is 19.4. The van der Waals surface area contributed by atoms with E-state index in [4.69, 9.17) is 0 Å². The first kappa shape index (κ1) is 17.3. The van der Waals surface area contributed by atoms with Gasteiger partial charge in [0.2, 0.25) is 0 Å². The van der Waals surface area contributed by atoms with E-state index in [2.05, 4.69) is 31.1 Å². The van der Waals surface area contributed by atoms with Crippen molar-refractivity contribution >= 4 is 0 Å². The van der Waals surface area contributed by atoms with Crippen LogP contribution in [-0.2, 0) is 12.7 Å². The summed E-state index contributed by atoms with van der Waals surface area (Å²) >= 11 is 0. The van der Waals surface area contributed by atoms with E-state index in [0.29, 0.717) is 12.5 Å². The van der Waals surface area contributed by atoms with Gasteiger partial charge in [0.05, 0.1) is 17.8 Å². The minimum Gasteiger partial charge on any atom is -0.268 e. The first-order chi connectivity index (χ1) is 11.8. The quantitative estimate of drug-likeness (QED) is 0.590. The van der Waals surface area contributed by atoms with Gasteiger partial charge in [-0.25, -0.2) is 0 Å². The number of hydrogen-bond donors (Lipinski definition) is 0. The molecular weight excluding hydrogens is 325 g/mol. The number of alkyl halides is 3. The molecule has 0 atom stereocenters. The van der Waals surface area contributed by atoms with E-state index < -0.39 is 11.7 Å². The average Bonchev–Trinajstić information content (AvgIpc) is 3.03. The van der Waals surface area contributed by atoms with E-state index in [1.807, 2.05) is 24.4 Å². The minimum atomic E-state index is -4.31. The molecule has 0 N–H and O–H groups in total. The van der Waals surface area contributed by atoms with Gasteiger partial charge in [-0.05, 0) is 35.2 Å². The van der Waals surface area contributed by atoms with Crippen molar-refractivity contribution in [2.24, 2.45) is 0 Å². The Balaban J connectivity index is 1.73. The topological polar surface area (TPSA) is 17.8 Å². The van der Waals surface area contributed by atoms with Gasteiger partial charge in [0.15, 0.2) is 0 Å². The molecule has 130 valence electrons. The second kappa shape index (κ2) is 6.75. The lowest BCUT2D eigenvalue weighted by molar-refractivity contribution is -0.137. The Hall–Kier alpha value is -2.56. The number of aromatic nitrogens is 2. The Morgan fingerprint density at radius 3 is 2.12 bits per heavy atom. The van der Waals surface area contributed by atoms with E-state index in [1.54, 1.807) is 4.68 Å². The van der Waals surface area contributed by atoms with Crippen LogP contribution in [0, 0.1) is 0 Å². The third kappa shape index (κ3) is 4.10. The monoisotopic (exact) mass is 344 g/mol. The van der Waals surface area contributed by atoms with Crippen LogP contribution < -0.4 is 0 Å². The molecule has 5 heteroatoms. The van der Waals surface area contributed by atoms with Crippen LogP contribution in [0.25, 0.3) is 11.3 Å². The van der Waals surface area contributed by atoms with E-state index in [0.717, 1.165) is 29.0 Å². The fraction of sp³-hybridized carbons (Fsp3) is 0.250. The molecule has 25 heavy (non-hydrogen) atoms. The normalized spacial score (nSPS) is 11.9.